The van der Waals surface area contributed by atoms with Gasteiger partial charge < -0.3 is 19.7 Å². The highest BCUT2D eigenvalue weighted by Crippen LogP contribution is 2.33. The molecule has 0 spiro atoms. The predicted octanol–water partition coefficient (Wildman–Crippen LogP) is 3.75. The van der Waals surface area contributed by atoms with Gasteiger partial charge in [0.25, 0.3) is 0 Å². The van der Waals surface area contributed by atoms with Crippen molar-refractivity contribution in [2.24, 2.45) is 17.8 Å². The molecule has 7 atom stereocenters. The number of ketones is 2. The number of methoxy groups -OCH3 is 1. The van der Waals surface area contributed by atoms with E-state index in [1.165, 1.54) is 7.11 Å². The van der Waals surface area contributed by atoms with Crippen LogP contribution in [0.4, 0.5) is 0 Å². The summed E-state index contributed by atoms with van der Waals surface area (Å²) < 4.78 is 11.6. The predicted molar refractivity (Wildman–Crippen MR) is 128 cm³/mol. The topological polar surface area (TPSA) is 93.1 Å². The van der Waals surface area contributed by atoms with Gasteiger partial charge in [0.1, 0.15) is 11.9 Å². The molecule has 3 unspecified atom stereocenters. The molecule has 1 aliphatic heterocycles. The summed E-state index contributed by atoms with van der Waals surface area (Å²) in [6.07, 6.45) is 1.20. The molecule has 0 bridgehead atoms. The normalized spacial score (nSPS) is 25.5. The van der Waals surface area contributed by atoms with E-state index in [0.29, 0.717) is 25.2 Å². The summed E-state index contributed by atoms with van der Waals surface area (Å²) in [4.78, 5) is 25.5. The van der Waals surface area contributed by atoms with Crippen molar-refractivity contribution in [3.63, 3.8) is 0 Å². The first-order valence-electron chi connectivity index (χ1n) is 12.4. The molecule has 0 aliphatic carbocycles. The fourth-order valence-corrected chi connectivity index (χ4v) is 5.06. The number of aryl methyl sites for hydroxylation is 1. The summed E-state index contributed by atoms with van der Waals surface area (Å²) in [6, 6.07) is 9.80. The third-order valence-corrected chi connectivity index (χ3v) is 7.31. The number of hydrogen-bond acceptors (Lipinski definition) is 6. The Hall–Kier alpha value is -1.60. The van der Waals surface area contributed by atoms with E-state index in [4.69, 9.17) is 9.47 Å². The highest BCUT2D eigenvalue weighted by atomic mass is 16.6. The van der Waals surface area contributed by atoms with Crippen LogP contribution < -0.4 is 0 Å². The number of Topliss-reactive ketones (excluding diaryl/α,β-unsaturated/α-hetero) is 2. The first kappa shape index (κ1) is 27.6. The lowest BCUT2D eigenvalue weighted by molar-refractivity contribution is -0.134. The lowest BCUT2D eigenvalue weighted by Crippen LogP contribution is -2.36. The fourth-order valence-electron chi connectivity index (χ4n) is 5.06. The van der Waals surface area contributed by atoms with Crippen LogP contribution in [-0.4, -0.2) is 59.9 Å². The van der Waals surface area contributed by atoms with E-state index in [0.717, 1.165) is 18.4 Å². The molecular weight excluding hydrogens is 420 g/mol. The summed E-state index contributed by atoms with van der Waals surface area (Å²) in [7, 11) is 1.53. The molecule has 1 aromatic carbocycles. The van der Waals surface area contributed by atoms with Gasteiger partial charge in [-0.1, -0.05) is 63.9 Å². The summed E-state index contributed by atoms with van der Waals surface area (Å²) in [5.41, 5.74) is 1.08. The van der Waals surface area contributed by atoms with Crippen molar-refractivity contribution in [2.75, 3.05) is 13.7 Å². The van der Waals surface area contributed by atoms with Crippen LogP contribution in [0.25, 0.3) is 0 Å². The molecule has 2 N–H and O–H groups in total. The van der Waals surface area contributed by atoms with Crippen molar-refractivity contribution in [3.05, 3.63) is 35.9 Å². The number of carbonyl (C=O) groups is 2. The van der Waals surface area contributed by atoms with E-state index < -0.39 is 24.4 Å². The molecule has 1 heterocycles. The summed E-state index contributed by atoms with van der Waals surface area (Å²) in [6.45, 7) is 6.08. The van der Waals surface area contributed by atoms with Crippen LogP contribution in [0.3, 0.4) is 0 Å². The molecule has 2 rings (SSSR count). The van der Waals surface area contributed by atoms with Crippen LogP contribution in [0.15, 0.2) is 30.3 Å². The number of hydrogen-bond donors (Lipinski definition) is 2. The minimum atomic E-state index is -0.739. The maximum Gasteiger partial charge on any atom is 0.164 e. The molecule has 1 saturated heterocycles. The standard InChI is InChI=1S/C27H42O6/c1-5-18(3)21(6-2)24(31)16-20(29)13-15-25-22(17-28)26(32-4)27(33-25)23(30)14-12-19-10-8-7-9-11-19/h7-11,18,21-22,24-28,31H,5-6,12-17H2,1-4H3/t18-,21?,22+,24+,25?,26-,27?/m0/s1. The Kier molecular flexibility index (Phi) is 11.7. The van der Waals surface area contributed by atoms with Crippen LogP contribution in [0.5, 0.6) is 0 Å². The molecule has 0 saturated carbocycles. The average Bonchev–Trinajstić information content (AvgIpc) is 3.19. The average molecular weight is 463 g/mol. The highest BCUT2D eigenvalue weighted by Gasteiger charge is 2.47. The number of rotatable bonds is 15. The lowest BCUT2D eigenvalue weighted by atomic mass is 9.82. The summed E-state index contributed by atoms with van der Waals surface area (Å²) in [5.74, 6) is 0.0446. The van der Waals surface area contributed by atoms with Crippen molar-refractivity contribution in [1.29, 1.82) is 0 Å². The SMILES string of the molecule is CCC([C@H](O)CC(=O)CCC1OC(C(=O)CCc2ccccc2)[C@@H](OC)[C@@H]1CO)[C@@H](C)CC. The first-order chi connectivity index (χ1) is 15.9. The molecule has 6 nitrogen and oxygen atoms in total. The Labute approximate surface area is 198 Å². The Morgan fingerprint density at radius 3 is 2.39 bits per heavy atom. The maximum atomic E-state index is 12.9. The molecule has 0 aromatic heterocycles. The van der Waals surface area contributed by atoms with Gasteiger partial charge in [-0.25, -0.2) is 0 Å². The second kappa shape index (κ2) is 14.0. The number of aliphatic hydroxyl groups excluding tert-OH is 2. The summed E-state index contributed by atoms with van der Waals surface area (Å²) in [5, 5.41) is 20.5. The second-order valence-electron chi connectivity index (χ2n) is 9.40. The third kappa shape index (κ3) is 7.71. The van der Waals surface area contributed by atoms with Gasteiger partial charge >= 0.3 is 0 Å². The van der Waals surface area contributed by atoms with Gasteiger partial charge in [0, 0.05) is 32.3 Å². The Bertz CT molecular complexity index is 721. The van der Waals surface area contributed by atoms with Crippen LogP contribution >= 0.6 is 0 Å². The number of ether oxygens (including phenoxy) is 2. The van der Waals surface area contributed by atoms with Crippen LogP contribution in [0.1, 0.15) is 64.9 Å². The zero-order chi connectivity index (χ0) is 24.4. The third-order valence-electron chi connectivity index (χ3n) is 7.31. The van der Waals surface area contributed by atoms with Gasteiger partial charge in [-0.2, -0.15) is 0 Å². The van der Waals surface area contributed by atoms with Crippen molar-refractivity contribution < 1.29 is 29.3 Å². The number of benzene rings is 1. The van der Waals surface area contributed by atoms with E-state index in [1.807, 2.05) is 37.3 Å². The zero-order valence-electron chi connectivity index (χ0n) is 20.6. The van der Waals surface area contributed by atoms with E-state index in [9.17, 15) is 19.8 Å². The van der Waals surface area contributed by atoms with Crippen molar-refractivity contribution in [2.45, 2.75) is 90.1 Å². The molecule has 1 fully saturated rings. The van der Waals surface area contributed by atoms with Gasteiger partial charge in [-0.05, 0) is 30.2 Å². The minimum Gasteiger partial charge on any atom is -0.396 e. The lowest BCUT2D eigenvalue weighted by Gasteiger charge is -2.26. The Balaban J connectivity index is 1.92. The van der Waals surface area contributed by atoms with E-state index in [1.54, 1.807) is 0 Å². The molecule has 0 radical (unpaired) electrons. The molecule has 33 heavy (non-hydrogen) atoms. The largest absolute Gasteiger partial charge is 0.396 e. The maximum absolute atomic E-state index is 12.9. The van der Waals surface area contributed by atoms with Gasteiger partial charge in [0.15, 0.2) is 5.78 Å². The number of aliphatic hydroxyl groups is 2. The van der Waals surface area contributed by atoms with Crippen LogP contribution in [0, 0.1) is 17.8 Å². The molecule has 6 heteroatoms. The monoisotopic (exact) mass is 462 g/mol. The van der Waals surface area contributed by atoms with E-state index in [2.05, 4.69) is 13.8 Å². The van der Waals surface area contributed by atoms with Crippen molar-refractivity contribution >= 4 is 11.6 Å². The van der Waals surface area contributed by atoms with Crippen LogP contribution in [0.2, 0.25) is 0 Å². The molecule has 1 aliphatic rings. The van der Waals surface area contributed by atoms with Gasteiger partial charge in [0.05, 0.1) is 24.9 Å². The van der Waals surface area contributed by atoms with Gasteiger partial charge in [-0.3, -0.25) is 9.59 Å². The summed E-state index contributed by atoms with van der Waals surface area (Å²) >= 11 is 0. The van der Waals surface area contributed by atoms with Gasteiger partial charge in [-0.15, -0.1) is 0 Å². The highest BCUT2D eigenvalue weighted by molar-refractivity contribution is 5.84. The fraction of sp³-hybridized carbons (Fsp3) is 0.704. The molecule has 186 valence electrons. The van der Waals surface area contributed by atoms with Crippen molar-refractivity contribution in [3.8, 4) is 0 Å². The quantitative estimate of drug-likeness (QED) is 0.412. The van der Waals surface area contributed by atoms with Crippen LogP contribution in [-0.2, 0) is 25.5 Å². The minimum absolute atomic E-state index is 0.0163. The Morgan fingerprint density at radius 1 is 1.12 bits per heavy atom. The van der Waals surface area contributed by atoms with E-state index >= 15 is 0 Å². The molecular formula is C27H42O6. The van der Waals surface area contributed by atoms with E-state index in [-0.39, 0.29) is 42.9 Å². The molecule has 1 aromatic rings. The smallest absolute Gasteiger partial charge is 0.164 e. The first-order valence-corrected chi connectivity index (χ1v) is 12.4. The van der Waals surface area contributed by atoms with Gasteiger partial charge in [0.2, 0.25) is 0 Å². The van der Waals surface area contributed by atoms with Crippen molar-refractivity contribution in [1.82, 2.24) is 0 Å². The zero-order valence-corrected chi connectivity index (χ0v) is 20.6. The molecule has 0 amide bonds. The number of carbonyl (C=O) groups excluding carboxylic acids is 2. The second-order valence-corrected chi connectivity index (χ2v) is 9.40. The Morgan fingerprint density at radius 2 is 1.82 bits per heavy atom.